The molecule has 0 amide bonds. The van der Waals surface area contributed by atoms with Crippen molar-refractivity contribution < 1.29 is 17.9 Å². The summed E-state index contributed by atoms with van der Waals surface area (Å²) in [5, 5.41) is 7.40. The molecular formula is C16H19F3N4OS. The van der Waals surface area contributed by atoms with Crippen LogP contribution in [0.1, 0.15) is 23.2 Å². The molecule has 0 atom stereocenters. The molecule has 0 aliphatic carbocycles. The van der Waals surface area contributed by atoms with E-state index in [2.05, 4.69) is 20.6 Å². The summed E-state index contributed by atoms with van der Waals surface area (Å²) in [5.74, 6) is 1.26. The molecule has 1 aromatic heterocycles. The third-order valence-electron chi connectivity index (χ3n) is 3.14. The molecule has 5 nitrogen and oxygen atoms in total. The van der Waals surface area contributed by atoms with Crippen molar-refractivity contribution in [2.24, 2.45) is 4.99 Å². The first-order chi connectivity index (χ1) is 11.9. The zero-order valence-corrected chi connectivity index (χ0v) is 14.7. The number of aliphatic imine (C=N–C) groups is 1. The van der Waals surface area contributed by atoms with E-state index in [1.807, 2.05) is 31.2 Å². The number of nitrogens with zero attached hydrogens (tertiary/aromatic N) is 2. The molecule has 2 rings (SSSR count). The Morgan fingerprint density at radius 2 is 2.04 bits per heavy atom. The van der Waals surface area contributed by atoms with E-state index in [-0.39, 0.29) is 6.54 Å². The predicted molar refractivity (Wildman–Crippen MR) is 91.8 cm³/mol. The highest BCUT2D eigenvalue weighted by atomic mass is 32.1. The Labute approximate surface area is 148 Å². The van der Waals surface area contributed by atoms with Gasteiger partial charge in [0.15, 0.2) is 11.7 Å². The Bertz CT molecular complexity index is 715. The van der Waals surface area contributed by atoms with Crippen molar-refractivity contribution in [2.75, 3.05) is 13.7 Å². The summed E-state index contributed by atoms with van der Waals surface area (Å²) in [6, 6.07) is 7.63. The molecule has 0 spiro atoms. The Kier molecular flexibility index (Phi) is 6.63. The zero-order chi connectivity index (χ0) is 18.3. The summed E-state index contributed by atoms with van der Waals surface area (Å²) >= 11 is 0.958. The lowest BCUT2D eigenvalue weighted by atomic mass is 10.2. The number of ether oxygens (including phenoxy) is 1. The average molecular weight is 372 g/mol. The highest BCUT2D eigenvalue weighted by molar-refractivity contribution is 7.09. The van der Waals surface area contributed by atoms with E-state index >= 15 is 0 Å². The van der Waals surface area contributed by atoms with Gasteiger partial charge in [0, 0.05) is 19.0 Å². The maximum Gasteiger partial charge on any atom is 0.434 e. The molecule has 0 fully saturated rings. The summed E-state index contributed by atoms with van der Waals surface area (Å²) < 4.78 is 43.1. The van der Waals surface area contributed by atoms with Crippen LogP contribution in [0.15, 0.2) is 34.6 Å². The molecule has 1 aromatic carbocycles. The number of hydrogen-bond donors (Lipinski definition) is 2. The fourth-order valence-electron chi connectivity index (χ4n) is 2.00. The molecule has 0 aliphatic heterocycles. The molecule has 1 heterocycles. The molecule has 0 saturated heterocycles. The highest BCUT2D eigenvalue weighted by Crippen LogP contribution is 2.29. The number of alkyl halides is 3. The van der Waals surface area contributed by atoms with Gasteiger partial charge in [0.1, 0.15) is 10.8 Å². The molecule has 136 valence electrons. The normalized spacial score (nSPS) is 12.1. The van der Waals surface area contributed by atoms with E-state index in [0.717, 1.165) is 28.0 Å². The molecule has 25 heavy (non-hydrogen) atoms. The Morgan fingerprint density at radius 3 is 2.68 bits per heavy atom. The number of rotatable bonds is 6. The van der Waals surface area contributed by atoms with E-state index < -0.39 is 11.9 Å². The third kappa shape index (κ3) is 5.93. The standard InChI is InChI=1S/C16H19F3N4OS/c1-3-24-12-6-4-5-11(7-12)8-21-15(20-2)22-9-14-23-13(10-25-14)16(17,18)19/h4-7,10H,3,8-9H2,1-2H3,(H2,20,21,22). The number of halogens is 3. The molecule has 0 aliphatic rings. The van der Waals surface area contributed by atoms with Crippen molar-refractivity contribution in [3.05, 3.63) is 45.9 Å². The predicted octanol–water partition coefficient (Wildman–Crippen LogP) is 3.43. The van der Waals surface area contributed by atoms with Crippen molar-refractivity contribution in [2.45, 2.75) is 26.2 Å². The van der Waals surface area contributed by atoms with Crippen LogP contribution in [0.2, 0.25) is 0 Å². The molecule has 0 radical (unpaired) electrons. The maximum absolute atomic E-state index is 12.5. The summed E-state index contributed by atoms with van der Waals surface area (Å²) in [6.07, 6.45) is -4.42. The smallest absolute Gasteiger partial charge is 0.434 e. The molecule has 9 heteroatoms. The van der Waals surface area contributed by atoms with E-state index in [1.165, 1.54) is 0 Å². The van der Waals surface area contributed by atoms with Gasteiger partial charge in [-0.25, -0.2) is 4.98 Å². The van der Waals surface area contributed by atoms with E-state index in [9.17, 15) is 13.2 Å². The monoisotopic (exact) mass is 372 g/mol. The van der Waals surface area contributed by atoms with Gasteiger partial charge < -0.3 is 15.4 Å². The summed E-state index contributed by atoms with van der Waals surface area (Å²) in [7, 11) is 1.59. The second-order valence-corrected chi connectivity index (χ2v) is 5.93. The van der Waals surface area contributed by atoms with Crippen LogP contribution in [0, 0.1) is 0 Å². The zero-order valence-electron chi connectivity index (χ0n) is 13.9. The van der Waals surface area contributed by atoms with Crippen LogP contribution in [-0.4, -0.2) is 24.6 Å². The van der Waals surface area contributed by atoms with Crippen molar-refractivity contribution in [1.82, 2.24) is 15.6 Å². The van der Waals surface area contributed by atoms with Gasteiger partial charge in [0.25, 0.3) is 0 Å². The Hall–Kier alpha value is -2.29. The Balaban J connectivity index is 1.87. The number of nitrogens with one attached hydrogen (secondary N) is 2. The van der Waals surface area contributed by atoms with E-state index in [0.29, 0.717) is 24.1 Å². The van der Waals surface area contributed by atoms with Gasteiger partial charge in [-0.3, -0.25) is 4.99 Å². The van der Waals surface area contributed by atoms with Gasteiger partial charge in [-0.05, 0) is 24.6 Å². The van der Waals surface area contributed by atoms with E-state index in [1.54, 1.807) is 7.05 Å². The van der Waals surface area contributed by atoms with Crippen LogP contribution in [0.3, 0.4) is 0 Å². The first-order valence-electron chi connectivity index (χ1n) is 7.60. The number of thiazole rings is 1. The second-order valence-electron chi connectivity index (χ2n) is 4.98. The quantitative estimate of drug-likeness (QED) is 0.603. The van der Waals surface area contributed by atoms with Crippen molar-refractivity contribution >= 4 is 17.3 Å². The molecule has 2 aromatic rings. The summed E-state index contributed by atoms with van der Waals surface area (Å²) in [6.45, 7) is 3.18. The van der Waals surface area contributed by atoms with Gasteiger partial charge in [-0.1, -0.05) is 12.1 Å². The van der Waals surface area contributed by atoms with Crippen LogP contribution in [-0.2, 0) is 19.3 Å². The van der Waals surface area contributed by atoms with Crippen molar-refractivity contribution in [3.8, 4) is 5.75 Å². The number of benzene rings is 1. The number of aromatic nitrogens is 1. The van der Waals surface area contributed by atoms with Crippen LogP contribution in [0.25, 0.3) is 0 Å². The molecular weight excluding hydrogens is 353 g/mol. The largest absolute Gasteiger partial charge is 0.494 e. The first kappa shape index (κ1) is 19.0. The van der Waals surface area contributed by atoms with Gasteiger partial charge in [-0.15, -0.1) is 11.3 Å². The third-order valence-corrected chi connectivity index (χ3v) is 3.99. The van der Waals surface area contributed by atoms with Crippen LogP contribution < -0.4 is 15.4 Å². The molecule has 2 N–H and O–H groups in total. The van der Waals surface area contributed by atoms with Gasteiger partial charge >= 0.3 is 6.18 Å². The average Bonchev–Trinajstić information content (AvgIpc) is 3.05. The summed E-state index contributed by atoms with van der Waals surface area (Å²) in [4.78, 5) is 7.62. The molecule has 0 bridgehead atoms. The van der Waals surface area contributed by atoms with Crippen LogP contribution >= 0.6 is 11.3 Å². The van der Waals surface area contributed by atoms with Crippen molar-refractivity contribution in [3.63, 3.8) is 0 Å². The Morgan fingerprint density at radius 1 is 1.28 bits per heavy atom. The van der Waals surface area contributed by atoms with Gasteiger partial charge in [0.2, 0.25) is 0 Å². The van der Waals surface area contributed by atoms with E-state index in [4.69, 9.17) is 4.74 Å². The maximum atomic E-state index is 12.5. The minimum absolute atomic E-state index is 0.166. The van der Waals surface area contributed by atoms with Crippen LogP contribution in [0.4, 0.5) is 13.2 Å². The lowest BCUT2D eigenvalue weighted by Gasteiger charge is -2.12. The van der Waals surface area contributed by atoms with Crippen molar-refractivity contribution in [1.29, 1.82) is 0 Å². The topological polar surface area (TPSA) is 58.5 Å². The minimum atomic E-state index is -4.42. The number of hydrogen-bond acceptors (Lipinski definition) is 4. The lowest BCUT2D eigenvalue weighted by Crippen LogP contribution is -2.36. The summed E-state index contributed by atoms with van der Waals surface area (Å²) in [5.41, 5.74) is 0.132. The fraction of sp³-hybridized carbons (Fsp3) is 0.375. The first-order valence-corrected chi connectivity index (χ1v) is 8.48. The number of guanidine groups is 1. The van der Waals surface area contributed by atoms with Gasteiger partial charge in [0.05, 0.1) is 13.2 Å². The highest BCUT2D eigenvalue weighted by Gasteiger charge is 2.33. The van der Waals surface area contributed by atoms with Gasteiger partial charge in [-0.2, -0.15) is 13.2 Å². The minimum Gasteiger partial charge on any atom is -0.494 e. The lowest BCUT2D eigenvalue weighted by molar-refractivity contribution is -0.140. The fourth-order valence-corrected chi connectivity index (χ4v) is 2.74. The van der Waals surface area contributed by atoms with Crippen LogP contribution in [0.5, 0.6) is 5.75 Å². The second kappa shape index (κ2) is 8.70. The molecule has 0 saturated carbocycles. The molecule has 0 unspecified atom stereocenters. The SMILES string of the molecule is CCOc1cccc(CNC(=NC)NCc2nc(C(F)(F)F)cs2)c1.